The van der Waals surface area contributed by atoms with Gasteiger partial charge in [-0.1, -0.05) is 0 Å². The van der Waals surface area contributed by atoms with Gasteiger partial charge in [0.25, 0.3) is 0 Å². The second kappa shape index (κ2) is 3.35. The maximum atomic E-state index is 9.36. The lowest BCUT2D eigenvalue weighted by atomic mass is 9.98. The molecule has 0 aliphatic carbocycles. The van der Waals surface area contributed by atoms with Gasteiger partial charge in [-0.15, -0.1) is 0 Å². The maximum Gasteiger partial charge on any atom is 0.127 e. The average molecular weight is 191 g/mol. The molecule has 0 saturated heterocycles. The highest BCUT2D eigenvalue weighted by Gasteiger charge is 2.16. The first-order chi connectivity index (χ1) is 6.72. The van der Waals surface area contributed by atoms with Gasteiger partial charge in [-0.05, 0) is 36.3 Å². The Balaban J connectivity index is 2.55. The minimum Gasteiger partial charge on any atom is -0.508 e. The molecule has 0 saturated carbocycles. The fourth-order valence-electron chi connectivity index (χ4n) is 1.61. The Morgan fingerprint density at radius 3 is 3.00 bits per heavy atom. The summed E-state index contributed by atoms with van der Waals surface area (Å²) in [6.07, 6.45) is 0. The molecule has 0 fully saturated rings. The second-order valence-electron chi connectivity index (χ2n) is 3.40. The Morgan fingerprint density at radius 1 is 1.50 bits per heavy atom. The molecule has 0 radical (unpaired) electrons. The molecule has 1 aliphatic rings. The quantitative estimate of drug-likeness (QED) is 0.707. The topological polar surface area (TPSA) is 55.5 Å². The summed E-state index contributed by atoms with van der Waals surface area (Å²) in [5, 5.41) is 9.36. The van der Waals surface area contributed by atoms with Crippen LogP contribution in [0.3, 0.4) is 0 Å². The molecule has 0 aromatic heterocycles. The fraction of sp³-hybridized carbons (Fsp3) is 0.273. The van der Waals surface area contributed by atoms with Crippen molar-refractivity contribution >= 4 is 5.57 Å². The third-order valence-corrected chi connectivity index (χ3v) is 2.55. The van der Waals surface area contributed by atoms with Gasteiger partial charge in [0.05, 0.1) is 0 Å². The lowest BCUT2D eigenvalue weighted by Crippen LogP contribution is -2.16. The van der Waals surface area contributed by atoms with E-state index in [0.29, 0.717) is 13.2 Å². The van der Waals surface area contributed by atoms with Gasteiger partial charge in [-0.2, -0.15) is 0 Å². The van der Waals surface area contributed by atoms with E-state index in [1.165, 1.54) is 0 Å². The van der Waals surface area contributed by atoms with Crippen LogP contribution >= 0.6 is 0 Å². The fourth-order valence-corrected chi connectivity index (χ4v) is 1.61. The minimum atomic E-state index is 0.255. The van der Waals surface area contributed by atoms with Crippen molar-refractivity contribution in [2.75, 3.05) is 13.2 Å². The summed E-state index contributed by atoms with van der Waals surface area (Å²) in [5.41, 5.74) is 8.73. The first-order valence-electron chi connectivity index (χ1n) is 4.57. The Labute approximate surface area is 82.8 Å². The van der Waals surface area contributed by atoms with E-state index in [1.807, 2.05) is 6.92 Å². The van der Waals surface area contributed by atoms with Crippen molar-refractivity contribution in [1.82, 2.24) is 0 Å². The van der Waals surface area contributed by atoms with Gasteiger partial charge >= 0.3 is 0 Å². The molecule has 0 unspecified atom stereocenters. The molecule has 0 bridgehead atoms. The number of ether oxygens (including phenoxy) is 1. The molecule has 3 N–H and O–H groups in total. The van der Waals surface area contributed by atoms with E-state index in [4.69, 9.17) is 10.5 Å². The second-order valence-corrected chi connectivity index (χ2v) is 3.40. The van der Waals surface area contributed by atoms with E-state index in [1.54, 1.807) is 18.2 Å². The number of hydrogen-bond acceptors (Lipinski definition) is 3. The SMILES string of the molecule is CC1=C(CN)COc2ccc(O)cc21. The summed E-state index contributed by atoms with van der Waals surface area (Å²) in [7, 11) is 0. The zero-order chi connectivity index (χ0) is 10.1. The summed E-state index contributed by atoms with van der Waals surface area (Å²) in [5.74, 6) is 1.07. The van der Waals surface area contributed by atoms with Crippen molar-refractivity contribution in [2.24, 2.45) is 5.73 Å². The van der Waals surface area contributed by atoms with E-state index < -0.39 is 0 Å². The zero-order valence-corrected chi connectivity index (χ0v) is 8.08. The van der Waals surface area contributed by atoms with E-state index in [0.717, 1.165) is 22.5 Å². The molecular weight excluding hydrogens is 178 g/mol. The molecule has 2 rings (SSSR count). The lowest BCUT2D eigenvalue weighted by Gasteiger charge is -2.21. The van der Waals surface area contributed by atoms with Crippen LogP contribution in [0.2, 0.25) is 0 Å². The number of fused-ring (bicyclic) bond motifs is 1. The number of benzene rings is 1. The van der Waals surface area contributed by atoms with Crippen LogP contribution < -0.4 is 10.5 Å². The van der Waals surface area contributed by atoms with Gasteiger partial charge in [0.15, 0.2) is 0 Å². The van der Waals surface area contributed by atoms with Gasteiger partial charge < -0.3 is 15.6 Å². The molecule has 3 nitrogen and oxygen atoms in total. The lowest BCUT2D eigenvalue weighted by molar-refractivity contribution is 0.343. The number of nitrogens with two attached hydrogens (primary N) is 1. The summed E-state index contributed by atoms with van der Waals surface area (Å²) in [6.45, 7) is 3.06. The van der Waals surface area contributed by atoms with E-state index in [9.17, 15) is 5.11 Å². The monoisotopic (exact) mass is 191 g/mol. The predicted molar refractivity (Wildman–Crippen MR) is 55.3 cm³/mol. The summed E-state index contributed by atoms with van der Waals surface area (Å²) >= 11 is 0. The number of aromatic hydroxyl groups is 1. The van der Waals surface area contributed by atoms with Gasteiger partial charge in [0.1, 0.15) is 18.1 Å². The molecule has 3 heteroatoms. The molecule has 1 heterocycles. The molecule has 0 atom stereocenters. The highest BCUT2D eigenvalue weighted by Crippen LogP contribution is 2.34. The predicted octanol–water partition coefficient (Wildman–Crippen LogP) is 1.52. The van der Waals surface area contributed by atoms with Crippen LogP contribution in [-0.4, -0.2) is 18.3 Å². The highest BCUT2D eigenvalue weighted by atomic mass is 16.5. The number of phenolic OH excluding ortho intramolecular Hbond substituents is 1. The molecule has 0 amide bonds. The molecular formula is C11H13NO2. The van der Waals surface area contributed by atoms with Crippen LogP contribution in [0, 0.1) is 0 Å². The number of allylic oxidation sites excluding steroid dienone is 1. The van der Waals surface area contributed by atoms with Crippen molar-refractivity contribution < 1.29 is 9.84 Å². The van der Waals surface area contributed by atoms with Gasteiger partial charge in [0, 0.05) is 12.1 Å². The Hall–Kier alpha value is -1.48. The Kier molecular flexibility index (Phi) is 2.17. The summed E-state index contributed by atoms with van der Waals surface area (Å²) in [4.78, 5) is 0. The first-order valence-corrected chi connectivity index (χ1v) is 4.57. The Bertz CT molecular complexity index is 396. The molecule has 74 valence electrons. The average Bonchev–Trinajstić information content (AvgIpc) is 2.20. The molecule has 1 aliphatic heterocycles. The van der Waals surface area contributed by atoms with Crippen molar-refractivity contribution in [3.8, 4) is 11.5 Å². The van der Waals surface area contributed by atoms with E-state index >= 15 is 0 Å². The van der Waals surface area contributed by atoms with Gasteiger partial charge in [0.2, 0.25) is 0 Å². The van der Waals surface area contributed by atoms with Crippen molar-refractivity contribution in [2.45, 2.75) is 6.92 Å². The van der Waals surface area contributed by atoms with Crippen molar-refractivity contribution in [1.29, 1.82) is 0 Å². The maximum absolute atomic E-state index is 9.36. The van der Waals surface area contributed by atoms with Crippen LogP contribution in [0.5, 0.6) is 11.5 Å². The number of hydrogen-bond donors (Lipinski definition) is 2. The highest BCUT2D eigenvalue weighted by molar-refractivity contribution is 5.74. The van der Waals surface area contributed by atoms with E-state index in [-0.39, 0.29) is 5.75 Å². The number of phenols is 1. The molecule has 14 heavy (non-hydrogen) atoms. The zero-order valence-electron chi connectivity index (χ0n) is 8.08. The third kappa shape index (κ3) is 1.36. The van der Waals surface area contributed by atoms with Crippen molar-refractivity contribution in [3.63, 3.8) is 0 Å². The van der Waals surface area contributed by atoms with Gasteiger partial charge in [-0.3, -0.25) is 0 Å². The van der Waals surface area contributed by atoms with Crippen LogP contribution in [-0.2, 0) is 0 Å². The minimum absolute atomic E-state index is 0.255. The van der Waals surface area contributed by atoms with Crippen molar-refractivity contribution in [3.05, 3.63) is 29.3 Å². The smallest absolute Gasteiger partial charge is 0.127 e. The third-order valence-electron chi connectivity index (χ3n) is 2.55. The number of rotatable bonds is 1. The van der Waals surface area contributed by atoms with Crippen LogP contribution in [0.4, 0.5) is 0 Å². The van der Waals surface area contributed by atoms with Crippen LogP contribution in [0.25, 0.3) is 5.57 Å². The molecule has 0 spiro atoms. The summed E-state index contributed by atoms with van der Waals surface area (Å²) in [6, 6.07) is 5.11. The Morgan fingerprint density at radius 2 is 2.29 bits per heavy atom. The normalized spacial score (nSPS) is 15.0. The summed E-state index contributed by atoms with van der Waals surface area (Å²) < 4.78 is 5.50. The molecule has 1 aromatic carbocycles. The van der Waals surface area contributed by atoms with Gasteiger partial charge in [-0.25, -0.2) is 0 Å². The largest absolute Gasteiger partial charge is 0.508 e. The van der Waals surface area contributed by atoms with Crippen LogP contribution in [0.1, 0.15) is 12.5 Å². The van der Waals surface area contributed by atoms with E-state index in [2.05, 4.69) is 0 Å². The van der Waals surface area contributed by atoms with Crippen LogP contribution in [0.15, 0.2) is 23.8 Å². The first kappa shape index (κ1) is 9.09. The molecule has 1 aromatic rings. The standard InChI is InChI=1S/C11H13NO2/c1-7-8(5-12)6-14-11-3-2-9(13)4-10(7)11/h2-4,13H,5-6,12H2,1H3.